The van der Waals surface area contributed by atoms with Crippen LogP contribution in [0.15, 0.2) is 24.3 Å². The molecular formula is C22H37N5O2. The van der Waals surface area contributed by atoms with Crippen LogP contribution in [0.4, 0.5) is 5.69 Å². The maximum atomic E-state index is 12.6. The maximum absolute atomic E-state index is 12.6. The predicted octanol–water partition coefficient (Wildman–Crippen LogP) is 1.24. The minimum absolute atomic E-state index is 0.0392. The van der Waals surface area contributed by atoms with Gasteiger partial charge in [-0.3, -0.25) is 19.4 Å². The summed E-state index contributed by atoms with van der Waals surface area (Å²) in [5.41, 5.74) is 2.15. The van der Waals surface area contributed by atoms with Crippen molar-refractivity contribution in [3.05, 3.63) is 29.8 Å². The van der Waals surface area contributed by atoms with E-state index >= 15 is 0 Å². The number of piperazine rings is 1. The van der Waals surface area contributed by atoms with Crippen molar-refractivity contribution in [3.63, 3.8) is 0 Å². The molecule has 7 nitrogen and oxygen atoms in total. The van der Waals surface area contributed by atoms with E-state index in [4.69, 9.17) is 0 Å². The summed E-state index contributed by atoms with van der Waals surface area (Å²) >= 11 is 0. The van der Waals surface area contributed by atoms with E-state index in [9.17, 15) is 9.59 Å². The maximum Gasteiger partial charge on any atom is 0.236 e. The third-order valence-electron chi connectivity index (χ3n) is 4.92. The van der Waals surface area contributed by atoms with Crippen LogP contribution in [0.25, 0.3) is 0 Å². The van der Waals surface area contributed by atoms with Crippen LogP contribution in [0.3, 0.4) is 0 Å². The van der Waals surface area contributed by atoms with E-state index in [0.29, 0.717) is 26.2 Å². The van der Waals surface area contributed by atoms with Crippen molar-refractivity contribution in [3.8, 4) is 0 Å². The quantitative estimate of drug-likeness (QED) is 0.742. The van der Waals surface area contributed by atoms with Crippen LogP contribution in [0.2, 0.25) is 0 Å². The van der Waals surface area contributed by atoms with Gasteiger partial charge in [-0.1, -0.05) is 12.1 Å². The van der Waals surface area contributed by atoms with Crippen molar-refractivity contribution in [1.82, 2.24) is 20.0 Å². The number of amides is 2. The fourth-order valence-corrected chi connectivity index (χ4v) is 3.41. The fourth-order valence-electron chi connectivity index (χ4n) is 3.41. The average Bonchev–Trinajstić information content (AvgIpc) is 2.61. The van der Waals surface area contributed by atoms with Gasteiger partial charge in [0.15, 0.2) is 0 Å². The van der Waals surface area contributed by atoms with Crippen LogP contribution in [0.1, 0.15) is 26.3 Å². The smallest absolute Gasteiger partial charge is 0.236 e. The zero-order chi connectivity index (χ0) is 21.6. The molecule has 162 valence electrons. The first-order valence-corrected chi connectivity index (χ1v) is 10.3. The van der Waals surface area contributed by atoms with E-state index in [1.165, 1.54) is 11.3 Å². The highest BCUT2D eigenvalue weighted by Gasteiger charge is 2.24. The molecule has 0 unspecified atom stereocenters. The lowest BCUT2D eigenvalue weighted by atomic mass is 10.1. The standard InChI is InChI=1S/C22H37N5O2/c1-22(2,3)23-20(28)16-26-11-13-27(14-12-26)21(29)17-25(6)15-18-7-9-19(10-8-18)24(4)5/h7-10H,11-17H2,1-6H3,(H,23,28). The van der Waals surface area contributed by atoms with Crippen molar-refractivity contribution in [2.24, 2.45) is 0 Å². The third-order valence-corrected chi connectivity index (χ3v) is 4.92. The van der Waals surface area contributed by atoms with Gasteiger partial charge in [0, 0.05) is 58.0 Å². The zero-order valence-electron chi connectivity index (χ0n) is 18.9. The van der Waals surface area contributed by atoms with Gasteiger partial charge in [-0.2, -0.15) is 0 Å². The molecular weight excluding hydrogens is 366 g/mol. The van der Waals surface area contributed by atoms with Crippen LogP contribution in [-0.2, 0) is 16.1 Å². The molecule has 0 spiro atoms. The Morgan fingerprint density at radius 3 is 2.10 bits per heavy atom. The van der Waals surface area contributed by atoms with E-state index in [1.807, 2.05) is 46.8 Å². The molecule has 0 bridgehead atoms. The van der Waals surface area contributed by atoms with Gasteiger partial charge in [0.25, 0.3) is 0 Å². The second-order valence-electron chi connectivity index (χ2n) is 9.19. The van der Waals surface area contributed by atoms with Gasteiger partial charge in [0.1, 0.15) is 0 Å². The SMILES string of the molecule is CN(CC(=O)N1CCN(CC(=O)NC(C)(C)C)CC1)Cc1ccc(N(C)C)cc1. The van der Waals surface area contributed by atoms with Crippen LogP contribution in [0, 0.1) is 0 Å². The summed E-state index contributed by atoms with van der Waals surface area (Å²) in [6.45, 7) is 10.3. The number of nitrogens with one attached hydrogen (secondary N) is 1. The average molecular weight is 404 g/mol. The molecule has 7 heteroatoms. The molecule has 0 radical (unpaired) electrons. The summed E-state index contributed by atoms with van der Waals surface area (Å²) in [6, 6.07) is 8.41. The lowest BCUT2D eigenvalue weighted by molar-refractivity contribution is -0.134. The van der Waals surface area contributed by atoms with Gasteiger partial charge >= 0.3 is 0 Å². The van der Waals surface area contributed by atoms with Crippen LogP contribution in [-0.4, -0.2) is 92.5 Å². The summed E-state index contributed by atoms with van der Waals surface area (Å²) in [5, 5.41) is 2.99. The summed E-state index contributed by atoms with van der Waals surface area (Å²) in [7, 11) is 6.03. The Kier molecular flexibility index (Phi) is 8.05. The number of likely N-dealkylation sites (N-methyl/N-ethyl adjacent to an activating group) is 1. The number of anilines is 1. The van der Waals surface area contributed by atoms with E-state index in [1.54, 1.807) is 0 Å². The van der Waals surface area contributed by atoms with Gasteiger partial charge in [-0.25, -0.2) is 0 Å². The molecule has 0 aliphatic carbocycles. The number of hydrogen-bond donors (Lipinski definition) is 1. The zero-order valence-corrected chi connectivity index (χ0v) is 18.9. The monoisotopic (exact) mass is 403 g/mol. The van der Waals surface area contributed by atoms with Crippen LogP contribution < -0.4 is 10.2 Å². The molecule has 0 atom stereocenters. The topological polar surface area (TPSA) is 59.1 Å². The minimum Gasteiger partial charge on any atom is -0.378 e. The van der Waals surface area contributed by atoms with Crippen molar-refractivity contribution in [2.45, 2.75) is 32.9 Å². The number of hydrogen-bond acceptors (Lipinski definition) is 5. The number of rotatable bonds is 7. The van der Waals surface area contributed by atoms with Crippen molar-refractivity contribution < 1.29 is 9.59 Å². The van der Waals surface area contributed by atoms with Gasteiger partial charge in [0.2, 0.25) is 11.8 Å². The highest BCUT2D eigenvalue weighted by Crippen LogP contribution is 2.13. The molecule has 0 aromatic heterocycles. The largest absolute Gasteiger partial charge is 0.378 e. The summed E-state index contributed by atoms with van der Waals surface area (Å²) < 4.78 is 0. The Morgan fingerprint density at radius 1 is 1.00 bits per heavy atom. The number of carbonyl (C=O) groups is 2. The Labute approximate surface area is 175 Å². The molecule has 1 fully saturated rings. The highest BCUT2D eigenvalue weighted by atomic mass is 16.2. The number of nitrogens with zero attached hydrogens (tertiary/aromatic N) is 4. The first-order valence-electron chi connectivity index (χ1n) is 10.3. The minimum atomic E-state index is -0.216. The third kappa shape index (κ3) is 8.03. The molecule has 1 aliphatic heterocycles. The molecule has 29 heavy (non-hydrogen) atoms. The van der Waals surface area contributed by atoms with E-state index in [0.717, 1.165) is 19.6 Å². The van der Waals surface area contributed by atoms with Gasteiger partial charge < -0.3 is 15.1 Å². The molecule has 0 saturated carbocycles. The Balaban J connectivity index is 1.74. The first kappa shape index (κ1) is 23.2. The Hall–Kier alpha value is -2.12. The molecule has 1 aliphatic rings. The first-order chi connectivity index (χ1) is 13.5. The second kappa shape index (κ2) is 10.1. The molecule has 2 amide bonds. The summed E-state index contributed by atoms with van der Waals surface area (Å²) in [6.07, 6.45) is 0. The molecule has 1 aromatic carbocycles. The van der Waals surface area contributed by atoms with E-state index in [2.05, 4.69) is 44.3 Å². The highest BCUT2D eigenvalue weighted by molar-refractivity contribution is 5.79. The van der Waals surface area contributed by atoms with Gasteiger partial charge in [-0.15, -0.1) is 0 Å². The van der Waals surface area contributed by atoms with E-state index < -0.39 is 0 Å². The van der Waals surface area contributed by atoms with Crippen LogP contribution in [0.5, 0.6) is 0 Å². The Morgan fingerprint density at radius 2 is 1.59 bits per heavy atom. The lowest BCUT2D eigenvalue weighted by Crippen LogP contribution is -2.54. The van der Waals surface area contributed by atoms with Crippen molar-refractivity contribution in [2.75, 3.05) is 65.3 Å². The molecule has 1 aromatic rings. The molecule has 1 heterocycles. The number of carbonyl (C=O) groups excluding carboxylic acids is 2. The molecule has 2 rings (SSSR count). The van der Waals surface area contributed by atoms with E-state index in [-0.39, 0.29) is 17.4 Å². The normalized spacial score (nSPS) is 15.5. The molecule has 1 N–H and O–H groups in total. The van der Waals surface area contributed by atoms with Crippen molar-refractivity contribution >= 4 is 17.5 Å². The lowest BCUT2D eigenvalue weighted by Gasteiger charge is -2.35. The number of benzene rings is 1. The molecule has 1 saturated heterocycles. The summed E-state index contributed by atoms with van der Waals surface area (Å²) in [4.78, 5) is 32.9. The Bertz CT molecular complexity index is 673. The summed E-state index contributed by atoms with van der Waals surface area (Å²) in [5.74, 6) is 0.188. The van der Waals surface area contributed by atoms with Gasteiger partial charge in [0.05, 0.1) is 13.1 Å². The van der Waals surface area contributed by atoms with Crippen molar-refractivity contribution in [1.29, 1.82) is 0 Å². The van der Waals surface area contributed by atoms with Gasteiger partial charge in [-0.05, 0) is 45.5 Å². The second-order valence-corrected chi connectivity index (χ2v) is 9.19. The fraction of sp³-hybridized carbons (Fsp3) is 0.636. The predicted molar refractivity (Wildman–Crippen MR) is 118 cm³/mol. The van der Waals surface area contributed by atoms with Crippen LogP contribution >= 0.6 is 0 Å².